The van der Waals surface area contributed by atoms with Crippen LogP contribution in [0.15, 0.2) is 84.0 Å². The van der Waals surface area contributed by atoms with Crippen LogP contribution in [0.4, 0.5) is 5.82 Å². The largest absolute Gasteiger partial charge is 0.369 e. The molecular weight excluding hydrogens is 482 g/mol. The van der Waals surface area contributed by atoms with Gasteiger partial charge in [-0.1, -0.05) is 41.9 Å². The molecule has 7 nitrogen and oxygen atoms in total. The van der Waals surface area contributed by atoms with Crippen molar-refractivity contribution < 1.29 is 8.42 Å². The molecule has 0 bridgehead atoms. The minimum atomic E-state index is -3.61. The molecule has 182 valence electrons. The topological polar surface area (TPSA) is 88.9 Å². The number of anilines is 1. The van der Waals surface area contributed by atoms with E-state index in [9.17, 15) is 8.42 Å². The lowest BCUT2D eigenvalue weighted by Gasteiger charge is -2.18. The van der Waals surface area contributed by atoms with E-state index in [2.05, 4.69) is 42.0 Å². The Kier molecular flexibility index (Phi) is 7.25. The van der Waals surface area contributed by atoms with E-state index in [4.69, 9.17) is 16.7 Å². The number of hydrogen-bond donors (Lipinski definition) is 2. The molecule has 4 aromatic rings. The van der Waals surface area contributed by atoms with Gasteiger partial charge >= 0.3 is 0 Å². The Balaban J connectivity index is 1.50. The third-order valence-corrected chi connectivity index (χ3v) is 7.10. The maximum atomic E-state index is 12.4. The van der Waals surface area contributed by atoms with Gasteiger partial charge in [0.2, 0.25) is 10.0 Å². The van der Waals surface area contributed by atoms with Crippen LogP contribution in [-0.4, -0.2) is 36.3 Å². The minimum Gasteiger partial charge on any atom is -0.369 e. The van der Waals surface area contributed by atoms with Gasteiger partial charge in [-0.2, -0.15) is 5.10 Å². The van der Waals surface area contributed by atoms with Gasteiger partial charge in [-0.05, 0) is 62.7 Å². The summed E-state index contributed by atoms with van der Waals surface area (Å²) in [6.45, 7) is 6.92. The molecule has 0 atom stereocenters. The number of pyridine rings is 1. The fraction of sp³-hybridized carbons (Fsp3) is 0.231. The lowest BCUT2D eigenvalue weighted by atomic mass is 10.0. The van der Waals surface area contributed by atoms with Gasteiger partial charge in [0.15, 0.2) is 0 Å². The van der Waals surface area contributed by atoms with Crippen molar-refractivity contribution >= 4 is 27.4 Å². The predicted octanol–water partition coefficient (Wildman–Crippen LogP) is 5.41. The van der Waals surface area contributed by atoms with E-state index in [0.29, 0.717) is 17.4 Å². The highest BCUT2D eigenvalue weighted by atomic mass is 35.5. The SMILES string of the molecule is CC(C)(C)n1cc(-c2ccnc(NCCNS(=O)(=O)c3ccc(Cl)cc3)c2)c(-c2ccccc2)n1. The van der Waals surface area contributed by atoms with Gasteiger partial charge in [0.25, 0.3) is 0 Å². The number of nitrogens with zero attached hydrogens (tertiary/aromatic N) is 3. The number of rotatable bonds is 8. The number of benzene rings is 2. The Morgan fingerprint density at radius 2 is 1.66 bits per heavy atom. The molecule has 4 rings (SSSR count). The monoisotopic (exact) mass is 509 g/mol. The molecule has 0 unspecified atom stereocenters. The Labute approximate surface area is 211 Å². The van der Waals surface area contributed by atoms with Gasteiger partial charge in [-0.15, -0.1) is 0 Å². The highest BCUT2D eigenvalue weighted by Gasteiger charge is 2.20. The van der Waals surface area contributed by atoms with Crippen LogP contribution in [0, 0.1) is 0 Å². The molecule has 0 radical (unpaired) electrons. The predicted molar refractivity (Wildman–Crippen MR) is 141 cm³/mol. The minimum absolute atomic E-state index is 0.170. The number of aromatic nitrogens is 3. The molecule has 2 aromatic heterocycles. The normalized spacial score (nSPS) is 12.0. The number of sulfonamides is 1. The van der Waals surface area contributed by atoms with Gasteiger partial charge in [0.1, 0.15) is 11.5 Å². The van der Waals surface area contributed by atoms with E-state index < -0.39 is 10.0 Å². The zero-order valence-corrected chi connectivity index (χ0v) is 21.4. The fourth-order valence-corrected chi connectivity index (χ4v) is 4.66. The molecular formula is C26H28ClN5O2S. The number of halogens is 1. The Hall–Kier alpha value is -3.20. The highest BCUT2D eigenvalue weighted by Crippen LogP contribution is 2.33. The summed E-state index contributed by atoms with van der Waals surface area (Å²) in [6.07, 6.45) is 3.79. The molecule has 0 amide bonds. The Morgan fingerprint density at radius 1 is 0.943 bits per heavy atom. The van der Waals surface area contributed by atoms with E-state index in [0.717, 1.165) is 22.4 Å². The molecule has 0 spiro atoms. The van der Waals surface area contributed by atoms with Gasteiger partial charge in [0, 0.05) is 41.6 Å². The zero-order valence-electron chi connectivity index (χ0n) is 19.9. The first-order valence-electron chi connectivity index (χ1n) is 11.2. The van der Waals surface area contributed by atoms with Crippen LogP contribution in [0.1, 0.15) is 20.8 Å². The average molecular weight is 510 g/mol. The number of nitrogens with one attached hydrogen (secondary N) is 2. The summed E-state index contributed by atoms with van der Waals surface area (Å²) in [6, 6.07) is 20.0. The first-order chi connectivity index (χ1) is 16.6. The summed E-state index contributed by atoms with van der Waals surface area (Å²) < 4.78 is 29.4. The van der Waals surface area contributed by atoms with Crippen molar-refractivity contribution in [3.63, 3.8) is 0 Å². The highest BCUT2D eigenvalue weighted by molar-refractivity contribution is 7.89. The molecule has 9 heteroatoms. The molecule has 0 saturated heterocycles. The summed E-state index contributed by atoms with van der Waals surface area (Å²) in [4.78, 5) is 4.57. The van der Waals surface area contributed by atoms with Crippen LogP contribution in [0.25, 0.3) is 22.4 Å². The molecule has 2 aromatic carbocycles. The van der Waals surface area contributed by atoms with Crippen molar-refractivity contribution in [2.24, 2.45) is 0 Å². The Bertz CT molecular complexity index is 1400. The molecule has 35 heavy (non-hydrogen) atoms. The quantitative estimate of drug-likeness (QED) is 0.310. The van der Waals surface area contributed by atoms with Crippen molar-refractivity contribution in [1.29, 1.82) is 0 Å². The molecule has 2 heterocycles. The van der Waals surface area contributed by atoms with E-state index in [1.165, 1.54) is 12.1 Å². The van der Waals surface area contributed by atoms with E-state index in [-0.39, 0.29) is 17.0 Å². The first-order valence-corrected chi connectivity index (χ1v) is 13.1. The molecule has 0 fully saturated rings. The van der Waals surface area contributed by atoms with Gasteiger partial charge in [-0.3, -0.25) is 4.68 Å². The second-order valence-corrected chi connectivity index (χ2v) is 11.3. The second-order valence-electron chi connectivity index (χ2n) is 9.08. The molecule has 0 aliphatic heterocycles. The summed E-state index contributed by atoms with van der Waals surface area (Å²) in [5, 5.41) is 8.57. The van der Waals surface area contributed by atoms with E-state index >= 15 is 0 Å². The third kappa shape index (κ3) is 6.08. The van der Waals surface area contributed by atoms with Gasteiger partial charge in [0.05, 0.1) is 10.4 Å². The van der Waals surface area contributed by atoms with Crippen molar-refractivity contribution in [3.8, 4) is 22.4 Å². The lowest BCUT2D eigenvalue weighted by molar-refractivity contribution is 0.356. The van der Waals surface area contributed by atoms with Crippen LogP contribution in [0.3, 0.4) is 0 Å². The summed E-state index contributed by atoms with van der Waals surface area (Å²) in [5.74, 6) is 0.649. The standard InChI is InChI=1S/C26H28ClN5O2S/c1-26(2,3)32-18-23(25(31-32)19-7-5-4-6-8-19)20-13-14-28-24(17-20)29-15-16-30-35(33,34)22-11-9-21(27)10-12-22/h4-14,17-18,30H,15-16H2,1-3H3,(H,28,29). The maximum absolute atomic E-state index is 12.4. The van der Waals surface area contributed by atoms with Crippen molar-refractivity contribution in [2.45, 2.75) is 31.2 Å². The smallest absolute Gasteiger partial charge is 0.240 e. The fourth-order valence-electron chi connectivity index (χ4n) is 3.51. The van der Waals surface area contributed by atoms with Crippen molar-refractivity contribution in [2.75, 3.05) is 18.4 Å². The summed E-state index contributed by atoms with van der Waals surface area (Å²) in [7, 11) is -3.61. The van der Waals surface area contributed by atoms with Crippen LogP contribution in [0.5, 0.6) is 0 Å². The van der Waals surface area contributed by atoms with Crippen LogP contribution in [-0.2, 0) is 15.6 Å². The molecule has 0 aliphatic carbocycles. The van der Waals surface area contributed by atoms with Crippen LogP contribution in [0.2, 0.25) is 5.02 Å². The summed E-state index contributed by atoms with van der Waals surface area (Å²) in [5.41, 5.74) is 3.73. The zero-order chi connectivity index (χ0) is 25.1. The van der Waals surface area contributed by atoms with Gasteiger partial charge < -0.3 is 5.32 Å². The second kappa shape index (κ2) is 10.2. The average Bonchev–Trinajstić information content (AvgIpc) is 3.29. The van der Waals surface area contributed by atoms with Gasteiger partial charge in [-0.25, -0.2) is 18.1 Å². The van der Waals surface area contributed by atoms with Crippen molar-refractivity contribution in [3.05, 3.63) is 84.1 Å². The molecule has 0 saturated carbocycles. The third-order valence-electron chi connectivity index (χ3n) is 5.37. The molecule has 2 N–H and O–H groups in total. The lowest BCUT2D eigenvalue weighted by Crippen LogP contribution is -2.29. The molecule has 0 aliphatic rings. The van der Waals surface area contributed by atoms with Crippen molar-refractivity contribution in [1.82, 2.24) is 19.5 Å². The first kappa shape index (κ1) is 24.9. The van der Waals surface area contributed by atoms with Crippen LogP contribution < -0.4 is 10.0 Å². The summed E-state index contributed by atoms with van der Waals surface area (Å²) >= 11 is 5.84. The number of hydrogen-bond acceptors (Lipinski definition) is 5. The van der Waals surface area contributed by atoms with E-state index in [1.54, 1.807) is 18.3 Å². The van der Waals surface area contributed by atoms with Crippen LogP contribution >= 0.6 is 11.6 Å². The van der Waals surface area contributed by atoms with E-state index in [1.807, 2.05) is 47.1 Å². The Morgan fingerprint density at radius 3 is 2.34 bits per heavy atom. The maximum Gasteiger partial charge on any atom is 0.240 e.